The van der Waals surface area contributed by atoms with Gasteiger partial charge in [0.1, 0.15) is 6.04 Å². The molecule has 0 saturated carbocycles. The number of amides is 1. The number of hydrogen-bond donors (Lipinski definition) is 2. The van der Waals surface area contributed by atoms with Crippen LogP contribution in [0.15, 0.2) is 18.2 Å². The standard InChI is InChI=1S/C14H18FNO4/c1-4-8(2)12(14(18)19)16-13(17)9-6-5-7-10(20-3)11(9)15/h5-8,12H,4H2,1-3H3,(H,16,17)(H,18,19)/t8-,12-/m0/s1. The van der Waals surface area contributed by atoms with E-state index in [0.717, 1.165) is 0 Å². The second-order valence-electron chi connectivity index (χ2n) is 4.50. The maximum atomic E-state index is 13.9. The molecule has 20 heavy (non-hydrogen) atoms. The summed E-state index contributed by atoms with van der Waals surface area (Å²) in [5.74, 6) is -3.04. The summed E-state index contributed by atoms with van der Waals surface area (Å²) >= 11 is 0. The van der Waals surface area contributed by atoms with Crippen LogP contribution in [0.4, 0.5) is 4.39 Å². The van der Waals surface area contributed by atoms with Gasteiger partial charge in [0.05, 0.1) is 12.7 Å². The van der Waals surface area contributed by atoms with Crippen molar-refractivity contribution in [3.63, 3.8) is 0 Å². The summed E-state index contributed by atoms with van der Waals surface area (Å²) in [5.41, 5.74) is -0.237. The molecule has 6 heteroatoms. The molecule has 0 heterocycles. The van der Waals surface area contributed by atoms with Gasteiger partial charge in [-0.3, -0.25) is 4.79 Å². The molecular weight excluding hydrogens is 265 g/mol. The van der Waals surface area contributed by atoms with Gasteiger partial charge in [-0.15, -0.1) is 0 Å². The molecule has 0 aliphatic rings. The topological polar surface area (TPSA) is 75.6 Å². The van der Waals surface area contributed by atoms with Gasteiger partial charge in [0, 0.05) is 0 Å². The molecule has 1 aromatic carbocycles. The van der Waals surface area contributed by atoms with Crippen LogP contribution in [0.3, 0.4) is 0 Å². The Morgan fingerprint density at radius 1 is 1.45 bits per heavy atom. The number of rotatable bonds is 6. The van der Waals surface area contributed by atoms with Crippen LogP contribution in [-0.2, 0) is 4.79 Å². The summed E-state index contributed by atoms with van der Waals surface area (Å²) in [6.45, 7) is 3.53. The first-order valence-corrected chi connectivity index (χ1v) is 6.28. The van der Waals surface area contributed by atoms with Crippen LogP contribution in [0.2, 0.25) is 0 Å². The quantitative estimate of drug-likeness (QED) is 0.838. The number of nitrogens with one attached hydrogen (secondary N) is 1. The molecule has 2 atom stereocenters. The monoisotopic (exact) mass is 283 g/mol. The number of carboxylic acid groups (broad SMARTS) is 1. The third-order valence-electron chi connectivity index (χ3n) is 3.19. The van der Waals surface area contributed by atoms with Gasteiger partial charge in [-0.1, -0.05) is 26.3 Å². The molecule has 0 bridgehead atoms. The highest BCUT2D eigenvalue weighted by atomic mass is 19.1. The van der Waals surface area contributed by atoms with Gasteiger partial charge < -0.3 is 15.2 Å². The summed E-state index contributed by atoms with van der Waals surface area (Å²) < 4.78 is 18.7. The van der Waals surface area contributed by atoms with Gasteiger partial charge in [0.15, 0.2) is 11.6 Å². The van der Waals surface area contributed by atoms with Gasteiger partial charge in [-0.2, -0.15) is 0 Å². The van der Waals surface area contributed by atoms with Crippen LogP contribution in [0.25, 0.3) is 0 Å². The molecule has 0 fully saturated rings. The highest BCUT2D eigenvalue weighted by Crippen LogP contribution is 2.20. The zero-order chi connectivity index (χ0) is 15.3. The number of aliphatic carboxylic acids is 1. The van der Waals surface area contributed by atoms with Crippen LogP contribution in [0.5, 0.6) is 5.75 Å². The number of carbonyl (C=O) groups is 2. The third-order valence-corrected chi connectivity index (χ3v) is 3.19. The average molecular weight is 283 g/mol. The molecule has 1 aromatic rings. The maximum absolute atomic E-state index is 13.9. The van der Waals surface area contributed by atoms with E-state index in [1.807, 2.05) is 6.92 Å². The van der Waals surface area contributed by atoms with Crippen molar-refractivity contribution in [2.45, 2.75) is 26.3 Å². The normalized spacial score (nSPS) is 13.4. The molecule has 1 rings (SSSR count). The SMILES string of the molecule is CC[C@H](C)[C@H](NC(=O)c1cccc(OC)c1F)C(=O)O. The number of halogens is 1. The highest BCUT2D eigenvalue weighted by molar-refractivity contribution is 5.97. The first-order chi connectivity index (χ1) is 9.42. The molecule has 0 saturated heterocycles. The van der Waals surface area contributed by atoms with Gasteiger partial charge in [0.25, 0.3) is 5.91 Å². The van der Waals surface area contributed by atoms with Crippen molar-refractivity contribution < 1.29 is 23.8 Å². The zero-order valence-electron chi connectivity index (χ0n) is 11.6. The summed E-state index contributed by atoms with van der Waals surface area (Å²) in [6.07, 6.45) is 0.581. The Labute approximate surface area is 116 Å². The lowest BCUT2D eigenvalue weighted by Gasteiger charge is -2.20. The van der Waals surface area contributed by atoms with Crippen LogP contribution in [0, 0.1) is 11.7 Å². The van der Waals surface area contributed by atoms with Crippen molar-refractivity contribution in [3.8, 4) is 5.75 Å². The van der Waals surface area contributed by atoms with Gasteiger partial charge in [-0.05, 0) is 18.1 Å². The fourth-order valence-corrected chi connectivity index (χ4v) is 1.75. The van der Waals surface area contributed by atoms with Crippen LogP contribution < -0.4 is 10.1 Å². The molecule has 5 nitrogen and oxygen atoms in total. The Kier molecular flexibility index (Phi) is 5.49. The molecule has 1 amide bonds. The Morgan fingerprint density at radius 3 is 2.60 bits per heavy atom. The average Bonchev–Trinajstić information content (AvgIpc) is 2.43. The second-order valence-corrected chi connectivity index (χ2v) is 4.50. The molecule has 110 valence electrons. The number of carbonyl (C=O) groups excluding carboxylic acids is 1. The van der Waals surface area contributed by atoms with Crippen molar-refractivity contribution in [1.82, 2.24) is 5.32 Å². The van der Waals surface area contributed by atoms with E-state index in [9.17, 15) is 14.0 Å². The zero-order valence-corrected chi connectivity index (χ0v) is 11.6. The predicted octanol–water partition coefficient (Wildman–Crippen LogP) is 2.06. The van der Waals surface area contributed by atoms with E-state index in [1.165, 1.54) is 25.3 Å². The van der Waals surface area contributed by atoms with Crippen LogP contribution in [-0.4, -0.2) is 30.1 Å². The molecule has 0 aliphatic carbocycles. The van der Waals surface area contributed by atoms with Crippen LogP contribution >= 0.6 is 0 Å². The maximum Gasteiger partial charge on any atom is 0.326 e. The lowest BCUT2D eigenvalue weighted by atomic mass is 9.99. The Bertz CT molecular complexity index is 504. The predicted molar refractivity (Wildman–Crippen MR) is 71.3 cm³/mol. The minimum Gasteiger partial charge on any atom is -0.494 e. The first-order valence-electron chi connectivity index (χ1n) is 6.28. The molecule has 0 unspecified atom stereocenters. The van der Waals surface area contributed by atoms with Crippen molar-refractivity contribution in [2.24, 2.45) is 5.92 Å². The Morgan fingerprint density at radius 2 is 2.10 bits per heavy atom. The number of ether oxygens (including phenoxy) is 1. The minimum absolute atomic E-state index is 0.0620. The largest absolute Gasteiger partial charge is 0.494 e. The van der Waals surface area contributed by atoms with Gasteiger partial charge >= 0.3 is 5.97 Å². The highest BCUT2D eigenvalue weighted by Gasteiger charge is 2.27. The van der Waals surface area contributed by atoms with Crippen molar-refractivity contribution in [3.05, 3.63) is 29.6 Å². The van der Waals surface area contributed by atoms with E-state index in [4.69, 9.17) is 9.84 Å². The van der Waals surface area contributed by atoms with Crippen molar-refractivity contribution in [1.29, 1.82) is 0 Å². The smallest absolute Gasteiger partial charge is 0.326 e. The van der Waals surface area contributed by atoms with Crippen molar-refractivity contribution in [2.75, 3.05) is 7.11 Å². The van der Waals surface area contributed by atoms with E-state index in [1.54, 1.807) is 6.92 Å². The Balaban J connectivity index is 2.98. The Hall–Kier alpha value is -2.11. The lowest BCUT2D eigenvalue weighted by Crippen LogP contribution is -2.45. The summed E-state index contributed by atoms with van der Waals surface area (Å²) in [5, 5.41) is 11.4. The minimum atomic E-state index is -1.14. The number of benzene rings is 1. The van der Waals surface area contributed by atoms with Gasteiger partial charge in [-0.25, -0.2) is 9.18 Å². The van der Waals surface area contributed by atoms with Crippen molar-refractivity contribution >= 4 is 11.9 Å². The molecule has 0 radical (unpaired) electrons. The van der Waals surface area contributed by atoms with E-state index in [-0.39, 0.29) is 17.2 Å². The molecular formula is C14H18FNO4. The number of hydrogen-bond acceptors (Lipinski definition) is 3. The fourth-order valence-electron chi connectivity index (χ4n) is 1.75. The molecule has 0 spiro atoms. The number of carboxylic acids is 1. The molecule has 0 aromatic heterocycles. The van der Waals surface area contributed by atoms with Gasteiger partial charge in [0.2, 0.25) is 0 Å². The van der Waals surface area contributed by atoms with E-state index in [0.29, 0.717) is 6.42 Å². The molecule has 0 aliphatic heterocycles. The van der Waals surface area contributed by atoms with E-state index in [2.05, 4.69) is 5.32 Å². The third kappa shape index (κ3) is 3.46. The first kappa shape index (κ1) is 15.9. The fraction of sp³-hybridized carbons (Fsp3) is 0.429. The summed E-state index contributed by atoms with van der Waals surface area (Å²) in [7, 11) is 1.29. The lowest BCUT2D eigenvalue weighted by molar-refractivity contribution is -0.140. The summed E-state index contributed by atoms with van der Waals surface area (Å²) in [4.78, 5) is 23.1. The van der Waals surface area contributed by atoms with E-state index < -0.39 is 23.7 Å². The summed E-state index contributed by atoms with van der Waals surface area (Å²) in [6, 6.07) is 3.08. The molecule has 2 N–H and O–H groups in total. The van der Waals surface area contributed by atoms with E-state index >= 15 is 0 Å². The van der Waals surface area contributed by atoms with Crippen LogP contribution in [0.1, 0.15) is 30.6 Å². The second kappa shape index (κ2) is 6.88. The number of methoxy groups -OCH3 is 1.